The monoisotopic (exact) mass is 267 g/mol. The summed E-state index contributed by atoms with van der Waals surface area (Å²) in [5, 5.41) is 8.95. The minimum absolute atomic E-state index is 0.151. The Kier molecular flexibility index (Phi) is 4.78. The molecule has 1 N–H and O–H groups in total. The lowest BCUT2D eigenvalue weighted by molar-refractivity contribution is 0.0567. The number of aliphatic hydroxyl groups excluding tert-OH is 1. The van der Waals surface area contributed by atoms with Gasteiger partial charge in [0.1, 0.15) is 0 Å². The Bertz CT molecular complexity index is 398. The lowest BCUT2D eigenvalue weighted by Gasteiger charge is -2.37. The number of aryl methyl sites for hydroxylation is 1. The molecule has 1 heterocycles. The third kappa shape index (κ3) is 2.93. The summed E-state index contributed by atoms with van der Waals surface area (Å²) in [4.78, 5) is 16.5. The molecule has 0 atom stereocenters. The topological polar surface area (TPSA) is 40.5 Å². The number of hydrogen-bond acceptors (Lipinski definition) is 3. The fourth-order valence-electron chi connectivity index (χ4n) is 2.21. The molecule has 3 nitrogen and oxygen atoms in total. The van der Waals surface area contributed by atoms with Crippen molar-refractivity contribution in [3.8, 4) is 0 Å². The van der Waals surface area contributed by atoms with Gasteiger partial charge in [-0.05, 0) is 44.2 Å². The normalized spacial score (nSPS) is 15.4. The van der Waals surface area contributed by atoms with E-state index in [9.17, 15) is 4.79 Å². The van der Waals surface area contributed by atoms with Crippen LogP contribution in [-0.4, -0.2) is 35.1 Å². The average Bonchev–Trinajstić information content (AvgIpc) is 2.79. The molecule has 1 amide bonds. The van der Waals surface area contributed by atoms with E-state index in [-0.39, 0.29) is 12.5 Å². The molecule has 1 saturated carbocycles. The molecule has 0 radical (unpaired) electrons. The summed E-state index contributed by atoms with van der Waals surface area (Å²) >= 11 is 1.60. The molecular weight excluding hydrogens is 246 g/mol. The molecule has 1 aromatic heterocycles. The van der Waals surface area contributed by atoms with Crippen LogP contribution in [0.5, 0.6) is 0 Å². The number of carbonyl (C=O) groups is 1. The van der Waals surface area contributed by atoms with Crippen molar-refractivity contribution in [2.45, 2.75) is 45.1 Å². The molecule has 0 aliphatic heterocycles. The Morgan fingerprint density at radius 1 is 1.50 bits per heavy atom. The molecule has 0 unspecified atom stereocenters. The van der Waals surface area contributed by atoms with Crippen LogP contribution < -0.4 is 0 Å². The van der Waals surface area contributed by atoms with Gasteiger partial charge in [0.05, 0.1) is 4.88 Å². The minimum atomic E-state index is 0.151. The molecule has 1 aromatic rings. The minimum Gasteiger partial charge on any atom is -0.396 e. The summed E-state index contributed by atoms with van der Waals surface area (Å²) in [6, 6.07) is 4.38. The van der Waals surface area contributed by atoms with E-state index in [2.05, 4.69) is 6.92 Å². The Balaban J connectivity index is 2.06. The van der Waals surface area contributed by atoms with Crippen molar-refractivity contribution in [3.05, 3.63) is 21.9 Å². The highest BCUT2D eigenvalue weighted by atomic mass is 32.1. The van der Waals surface area contributed by atoms with Gasteiger partial charge in [-0.2, -0.15) is 0 Å². The van der Waals surface area contributed by atoms with E-state index in [1.165, 1.54) is 11.3 Å². The first kappa shape index (κ1) is 13.6. The standard InChI is InChI=1S/C14H21NO2S/c1-2-12-7-8-13(18-12)14(17)15(9-4-10-16)11-5-3-6-11/h7-8,11,16H,2-6,9-10H2,1H3. The molecule has 1 aliphatic rings. The van der Waals surface area contributed by atoms with Gasteiger partial charge < -0.3 is 10.0 Å². The van der Waals surface area contributed by atoms with Crippen molar-refractivity contribution < 1.29 is 9.90 Å². The molecule has 18 heavy (non-hydrogen) atoms. The highest BCUT2D eigenvalue weighted by Crippen LogP contribution is 2.28. The number of thiophene rings is 1. The van der Waals surface area contributed by atoms with Crippen LogP contribution in [0, 0.1) is 0 Å². The SMILES string of the molecule is CCc1ccc(C(=O)N(CCCO)C2CCC2)s1. The van der Waals surface area contributed by atoms with Crippen molar-refractivity contribution in [3.63, 3.8) is 0 Å². The van der Waals surface area contributed by atoms with E-state index in [1.807, 2.05) is 17.0 Å². The molecule has 0 bridgehead atoms. The molecular formula is C14H21NO2S. The van der Waals surface area contributed by atoms with Gasteiger partial charge in [0.25, 0.3) is 5.91 Å². The van der Waals surface area contributed by atoms with Crippen LogP contribution in [0.3, 0.4) is 0 Å². The van der Waals surface area contributed by atoms with E-state index < -0.39 is 0 Å². The second-order valence-electron chi connectivity index (χ2n) is 4.78. The Labute approximate surface area is 112 Å². The smallest absolute Gasteiger partial charge is 0.264 e. The Morgan fingerprint density at radius 2 is 2.28 bits per heavy atom. The van der Waals surface area contributed by atoms with Crippen molar-refractivity contribution in [2.24, 2.45) is 0 Å². The van der Waals surface area contributed by atoms with E-state index in [1.54, 1.807) is 11.3 Å². The van der Waals surface area contributed by atoms with Gasteiger partial charge in [-0.3, -0.25) is 4.79 Å². The number of nitrogens with zero attached hydrogens (tertiary/aromatic N) is 1. The van der Waals surface area contributed by atoms with Crippen molar-refractivity contribution >= 4 is 17.2 Å². The Hall–Kier alpha value is -0.870. The van der Waals surface area contributed by atoms with Crippen molar-refractivity contribution in [2.75, 3.05) is 13.2 Å². The van der Waals surface area contributed by atoms with Crippen LogP contribution in [-0.2, 0) is 6.42 Å². The zero-order valence-corrected chi connectivity index (χ0v) is 11.7. The third-order valence-corrected chi connectivity index (χ3v) is 4.77. The van der Waals surface area contributed by atoms with Gasteiger partial charge in [-0.25, -0.2) is 0 Å². The second kappa shape index (κ2) is 6.34. The van der Waals surface area contributed by atoms with Gasteiger partial charge in [0.15, 0.2) is 0 Å². The number of carbonyl (C=O) groups excluding carboxylic acids is 1. The summed E-state index contributed by atoms with van der Waals surface area (Å²) in [6.07, 6.45) is 5.11. The molecule has 1 fully saturated rings. The molecule has 0 aromatic carbocycles. The van der Waals surface area contributed by atoms with E-state index >= 15 is 0 Å². The number of rotatable bonds is 6. The molecule has 0 saturated heterocycles. The maximum absolute atomic E-state index is 12.5. The van der Waals surface area contributed by atoms with E-state index in [4.69, 9.17) is 5.11 Å². The van der Waals surface area contributed by atoms with Crippen LogP contribution in [0.25, 0.3) is 0 Å². The number of hydrogen-bond donors (Lipinski definition) is 1. The van der Waals surface area contributed by atoms with Gasteiger partial charge >= 0.3 is 0 Å². The maximum Gasteiger partial charge on any atom is 0.264 e. The van der Waals surface area contributed by atoms with Crippen LogP contribution in [0.15, 0.2) is 12.1 Å². The fraction of sp³-hybridized carbons (Fsp3) is 0.643. The summed E-state index contributed by atoms with van der Waals surface area (Å²) < 4.78 is 0. The van der Waals surface area contributed by atoms with Crippen molar-refractivity contribution in [1.29, 1.82) is 0 Å². The first-order valence-corrected chi connectivity index (χ1v) is 7.58. The zero-order valence-electron chi connectivity index (χ0n) is 10.9. The van der Waals surface area contributed by atoms with Crippen LogP contribution in [0.2, 0.25) is 0 Å². The largest absolute Gasteiger partial charge is 0.396 e. The highest BCUT2D eigenvalue weighted by molar-refractivity contribution is 7.14. The van der Waals surface area contributed by atoms with Gasteiger partial charge in [0.2, 0.25) is 0 Å². The first-order chi connectivity index (χ1) is 8.76. The number of amides is 1. The molecule has 0 spiro atoms. The Morgan fingerprint density at radius 3 is 2.78 bits per heavy atom. The molecule has 1 aliphatic carbocycles. The fourth-order valence-corrected chi connectivity index (χ4v) is 3.12. The third-order valence-electron chi connectivity index (χ3n) is 3.55. The summed E-state index contributed by atoms with van der Waals surface area (Å²) in [6.45, 7) is 2.94. The summed E-state index contributed by atoms with van der Waals surface area (Å²) in [7, 11) is 0. The number of aliphatic hydroxyl groups is 1. The van der Waals surface area contributed by atoms with Gasteiger partial charge in [-0.1, -0.05) is 6.92 Å². The van der Waals surface area contributed by atoms with Crippen LogP contribution in [0.4, 0.5) is 0 Å². The summed E-state index contributed by atoms with van der Waals surface area (Å²) in [5.74, 6) is 0.151. The lowest BCUT2D eigenvalue weighted by Crippen LogP contribution is -2.44. The molecule has 2 rings (SSSR count). The average molecular weight is 267 g/mol. The first-order valence-electron chi connectivity index (χ1n) is 6.76. The predicted molar refractivity (Wildman–Crippen MR) is 74.1 cm³/mol. The summed E-state index contributed by atoms with van der Waals surface area (Å²) in [5.41, 5.74) is 0. The predicted octanol–water partition coefficient (Wildman–Crippen LogP) is 2.69. The molecule has 100 valence electrons. The molecule has 4 heteroatoms. The quantitative estimate of drug-likeness (QED) is 0.861. The maximum atomic E-state index is 12.5. The van der Waals surface area contributed by atoms with Gasteiger partial charge in [-0.15, -0.1) is 11.3 Å². The van der Waals surface area contributed by atoms with Gasteiger partial charge in [0, 0.05) is 24.1 Å². The van der Waals surface area contributed by atoms with E-state index in [0.717, 1.165) is 24.1 Å². The second-order valence-corrected chi connectivity index (χ2v) is 5.95. The highest BCUT2D eigenvalue weighted by Gasteiger charge is 2.29. The van der Waals surface area contributed by atoms with Crippen molar-refractivity contribution in [1.82, 2.24) is 4.90 Å². The zero-order chi connectivity index (χ0) is 13.0. The van der Waals surface area contributed by atoms with E-state index in [0.29, 0.717) is 19.0 Å². The van der Waals surface area contributed by atoms with Crippen LogP contribution in [0.1, 0.15) is 47.2 Å². The van der Waals surface area contributed by atoms with Crippen LogP contribution >= 0.6 is 11.3 Å². The lowest BCUT2D eigenvalue weighted by atomic mass is 9.91.